The molecule has 30 aromatic rings. The van der Waals surface area contributed by atoms with Crippen LogP contribution in [0.3, 0.4) is 0 Å². The Labute approximate surface area is 794 Å². The van der Waals surface area contributed by atoms with Gasteiger partial charge in [0.25, 0.3) is 0 Å². The molecule has 0 amide bonds. The molecule has 30 rings (SSSR count). The molecule has 0 atom stereocenters. The molecule has 2 heteroatoms. The van der Waals surface area contributed by atoms with Crippen molar-refractivity contribution in [1.29, 1.82) is 0 Å². The number of fused-ring (bicyclic) bond motifs is 26. The molecule has 0 bridgehead atoms. The van der Waals surface area contributed by atoms with Gasteiger partial charge in [-0.3, -0.25) is 0 Å². The van der Waals surface area contributed by atoms with Gasteiger partial charge in [-0.15, -0.1) is 0 Å². The molecular formula is C136H82N2. The lowest BCUT2D eigenvalue weighted by Crippen LogP contribution is -2.00. The number of hydrogen-bond acceptors (Lipinski definition) is 0. The van der Waals surface area contributed by atoms with Crippen molar-refractivity contribution in [2.45, 2.75) is 0 Å². The van der Waals surface area contributed by atoms with Crippen LogP contribution in [0.15, 0.2) is 497 Å². The second-order valence-electron chi connectivity index (χ2n) is 37.3. The van der Waals surface area contributed by atoms with Crippen molar-refractivity contribution in [2.75, 3.05) is 0 Å². The number of nitrogens with zero attached hydrogens (tertiary/aromatic N) is 2. The molecule has 0 aliphatic heterocycles. The number of hydrogen-bond donors (Lipinski definition) is 0. The largest absolute Gasteiger partial charge is 0.308 e. The first kappa shape index (κ1) is 77.5. The lowest BCUT2D eigenvalue weighted by Gasteiger charge is -2.23. The van der Waals surface area contributed by atoms with Gasteiger partial charge in [0.2, 0.25) is 0 Å². The maximum absolute atomic E-state index is 2.58. The van der Waals surface area contributed by atoms with Gasteiger partial charge in [0.15, 0.2) is 0 Å². The predicted molar refractivity (Wildman–Crippen MR) is 594 cm³/mol. The van der Waals surface area contributed by atoms with E-state index in [1.807, 2.05) is 0 Å². The summed E-state index contributed by atoms with van der Waals surface area (Å²) in [5, 5.41) is 45.0. The molecule has 138 heavy (non-hydrogen) atoms. The van der Waals surface area contributed by atoms with Crippen LogP contribution in [-0.4, -0.2) is 9.13 Å². The van der Waals surface area contributed by atoms with Crippen LogP contribution in [0.4, 0.5) is 0 Å². The van der Waals surface area contributed by atoms with E-state index < -0.39 is 0 Å². The Morgan fingerprint density at radius 3 is 0.710 bits per heavy atom. The zero-order valence-corrected chi connectivity index (χ0v) is 75.2. The van der Waals surface area contributed by atoms with Gasteiger partial charge in [-0.1, -0.05) is 443 Å². The fraction of sp³-hybridized carbons (Fsp3) is 0. The molecule has 0 N–H and O–H groups in total. The van der Waals surface area contributed by atoms with E-state index in [1.54, 1.807) is 0 Å². The zero-order valence-electron chi connectivity index (χ0n) is 75.2. The Morgan fingerprint density at radius 1 is 0.109 bits per heavy atom. The number of rotatable bonds is 8. The molecule has 0 saturated carbocycles. The lowest BCUT2D eigenvalue weighted by molar-refractivity contribution is 1.22. The lowest BCUT2D eigenvalue weighted by atomic mass is 9.81. The summed E-state index contributed by atoms with van der Waals surface area (Å²) < 4.78 is 5.15. The third-order valence-electron chi connectivity index (χ3n) is 30.1. The van der Waals surface area contributed by atoms with Crippen molar-refractivity contribution in [2.24, 2.45) is 0 Å². The van der Waals surface area contributed by atoms with Crippen LogP contribution in [0.25, 0.3) is 294 Å². The molecular weight excluding hydrogens is 1660 g/mol. The van der Waals surface area contributed by atoms with Gasteiger partial charge in [0.1, 0.15) is 0 Å². The molecule has 0 unspecified atom stereocenters. The molecule has 2 heterocycles. The molecule has 0 saturated heterocycles. The Bertz CT molecular complexity index is 10100. The molecule has 0 spiro atoms. The van der Waals surface area contributed by atoms with E-state index in [0.717, 1.165) is 0 Å². The van der Waals surface area contributed by atoms with Gasteiger partial charge >= 0.3 is 0 Å². The molecule has 636 valence electrons. The van der Waals surface area contributed by atoms with E-state index in [0.29, 0.717) is 0 Å². The fourth-order valence-electron chi connectivity index (χ4n) is 24.4. The maximum Gasteiger partial charge on any atom is 0.0619 e. The van der Waals surface area contributed by atoms with Crippen LogP contribution >= 0.6 is 0 Å². The summed E-state index contributed by atoms with van der Waals surface area (Å²) in [5.41, 5.74) is 22.1. The van der Waals surface area contributed by atoms with E-state index in [2.05, 4.69) is 507 Å². The molecule has 2 nitrogen and oxygen atoms in total. The van der Waals surface area contributed by atoms with Crippen molar-refractivity contribution >= 4 is 216 Å². The summed E-state index contributed by atoms with van der Waals surface area (Å²) >= 11 is 0. The zero-order chi connectivity index (χ0) is 90.3. The molecule has 2 aromatic heterocycles. The minimum Gasteiger partial charge on any atom is -0.308 e. The molecule has 0 aliphatic rings. The topological polar surface area (TPSA) is 9.86 Å². The quantitative estimate of drug-likeness (QED) is 0.134. The fourth-order valence-corrected chi connectivity index (χ4v) is 24.4. The highest BCUT2D eigenvalue weighted by atomic mass is 15.0. The SMILES string of the molecule is c1ccc(-c2c3ccccc3c(-c3c4ccccc4c(-n4c5ccc6ccccc6c5c5c6ccccc6ccc54)c4ccccc34)c3ccc(-c4c5ccccc5cc5ccccc45)cc23)cc1.c1ccc(-c2c3ccccc3c(-c3c4ccccc4c(-n4c5ccc6ccccc6c5c5c6ccccc6ccc54)c4ccccc34)c3ccc(-c4cccc5cc6ccccc6cc45)cc23)cc1. The first-order valence-electron chi connectivity index (χ1n) is 48.0. The molecule has 0 aliphatic carbocycles. The van der Waals surface area contributed by atoms with E-state index >= 15 is 0 Å². The average molecular weight is 1740 g/mol. The van der Waals surface area contributed by atoms with Gasteiger partial charge in [-0.25, -0.2) is 0 Å². The first-order chi connectivity index (χ1) is 68.5. The van der Waals surface area contributed by atoms with Gasteiger partial charge in [0, 0.05) is 43.1 Å². The van der Waals surface area contributed by atoms with Crippen molar-refractivity contribution in [1.82, 2.24) is 9.13 Å². The van der Waals surface area contributed by atoms with Crippen molar-refractivity contribution < 1.29 is 0 Å². The van der Waals surface area contributed by atoms with E-state index in [9.17, 15) is 0 Å². The molecule has 0 radical (unpaired) electrons. The van der Waals surface area contributed by atoms with Gasteiger partial charge in [-0.05, 0) is 272 Å². The summed E-state index contributed by atoms with van der Waals surface area (Å²) in [6.07, 6.45) is 0. The monoisotopic (exact) mass is 1740 g/mol. The van der Waals surface area contributed by atoms with E-state index in [1.165, 1.54) is 294 Å². The predicted octanol–water partition coefficient (Wildman–Crippen LogP) is 38.0. The third-order valence-corrected chi connectivity index (χ3v) is 30.1. The van der Waals surface area contributed by atoms with Gasteiger partial charge in [-0.2, -0.15) is 0 Å². The summed E-state index contributed by atoms with van der Waals surface area (Å²) in [5.74, 6) is 0. The van der Waals surface area contributed by atoms with Gasteiger partial charge < -0.3 is 9.13 Å². The van der Waals surface area contributed by atoms with E-state index in [4.69, 9.17) is 0 Å². The summed E-state index contributed by atoms with van der Waals surface area (Å²) in [6, 6.07) is 186. The Kier molecular flexibility index (Phi) is 17.3. The van der Waals surface area contributed by atoms with Crippen LogP contribution in [0.5, 0.6) is 0 Å². The summed E-state index contributed by atoms with van der Waals surface area (Å²) in [6.45, 7) is 0. The molecule has 28 aromatic carbocycles. The standard InChI is InChI=1S/2C68H41N/c1-2-20-44(21-3-1)62-52-28-12-13-29-53(52)64(56-37-34-47(41-59(56)62)63-50-26-10-6-22-45(50)40-46-23-7-11-27-51(46)63)65-54-30-14-16-32-57(54)68(58-33-17-15-31-55(58)65)69-60-38-35-42-18-4-8-24-48(42)66(60)67-49-25-9-5-19-43(49)36-39-61(67)69;1-2-19-44(20-3-1)63-52-26-10-11-27-53(52)64(56-36-33-48(41-60(56)63)49-32-16-23-47-39-45-21-4-5-22-46(45)40-59(47)49)65-54-28-12-14-30-57(54)68(58-31-15-13-29-55(58)65)69-61-37-34-42-17-6-8-24-50(42)66(61)67-51-25-9-7-18-43(51)35-38-62(67)69/h2*1-41H. The van der Waals surface area contributed by atoms with E-state index in [-0.39, 0.29) is 0 Å². The second kappa shape index (κ2) is 30.7. The van der Waals surface area contributed by atoms with Crippen LogP contribution in [0.1, 0.15) is 0 Å². The summed E-state index contributed by atoms with van der Waals surface area (Å²) in [7, 11) is 0. The smallest absolute Gasteiger partial charge is 0.0619 e. The highest BCUT2D eigenvalue weighted by Gasteiger charge is 2.30. The van der Waals surface area contributed by atoms with Gasteiger partial charge in [0.05, 0.1) is 33.4 Å². The summed E-state index contributed by atoms with van der Waals surface area (Å²) in [4.78, 5) is 0. The third kappa shape index (κ3) is 11.6. The van der Waals surface area contributed by atoms with Crippen LogP contribution in [0, 0.1) is 0 Å². The Morgan fingerprint density at radius 2 is 0.348 bits per heavy atom. The van der Waals surface area contributed by atoms with Crippen LogP contribution < -0.4 is 0 Å². The normalized spacial score (nSPS) is 12.1. The highest BCUT2D eigenvalue weighted by molar-refractivity contribution is 6.36. The van der Waals surface area contributed by atoms with Crippen LogP contribution in [0.2, 0.25) is 0 Å². The Hall–Kier alpha value is -18.1. The molecule has 0 fully saturated rings. The van der Waals surface area contributed by atoms with Crippen molar-refractivity contribution in [3.05, 3.63) is 497 Å². The average Bonchev–Trinajstić information content (AvgIpc) is 1.18. The minimum atomic E-state index is 1.20. The number of benzene rings is 28. The second-order valence-corrected chi connectivity index (χ2v) is 37.3. The first-order valence-corrected chi connectivity index (χ1v) is 48.0. The highest BCUT2D eigenvalue weighted by Crippen LogP contribution is 2.56. The maximum atomic E-state index is 2.58. The van der Waals surface area contributed by atoms with Crippen molar-refractivity contribution in [3.8, 4) is 78.1 Å². The Balaban J connectivity index is 0.000000133. The van der Waals surface area contributed by atoms with Crippen molar-refractivity contribution in [3.63, 3.8) is 0 Å². The minimum absolute atomic E-state index is 1.20. The number of aromatic nitrogens is 2. The van der Waals surface area contributed by atoms with Crippen LogP contribution in [-0.2, 0) is 0 Å².